The SMILES string of the molecule is COc1ccc(Cl)cc1C(=O)N1CCc2c(sc3c2C(=O)N(C)CC(=O)N3)C1. The molecule has 1 aromatic heterocycles. The van der Waals surface area contributed by atoms with E-state index in [2.05, 4.69) is 5.32 Å². The zero-order valence-electron chi connectivity index (χ0n) is 15.4. The lowest BCUT2D eigenvalue weighted by Gasteiger charge is -2.28. The van der Waals surface area contributed by atoms with Gasteiger partial charge in [0.25, 0.3) is 11.8 Å². The van der Waals surface area contributed by atoms with Crippen LogP contribution >= 0.6 is 22.9 Å². The lowest BCUT2D eigenvalue weighted by Crippen LogP contribution is -2.36. The molecule has 2 aliphatic heterocycles. The van der Waals surface area contributed by atoms with Crippen LogP contribution in [0.4, 0.5) is 5.00 Å². The Kier molecular flexibility index (Phi) is 4.76. The average molecular weight is 420 g/mol. The largest absolute Gasteiger partial charge is 0.496 e. The molecule has 3 amide bonds. The fraction of sp³-hybridized carbons (Fsp3) is 0.316. The number of ether oxygens (including phenoxy) is 1. The van der Waals surface area contributed by atoms with Gasteiger partial charge in [0.05, 0.1) is 31.3 Å². The topological polar surface area (TPSA) is 79.0 Å². The van der Waals surface area contributed by atoms with Gasteiger partial charge in [-0.15, -0.1) is 11.3 Å². The zero-order chi connectivity index (χ0) is 20.0. The minimum Gasteiger partial charge on any atom is -0.496 e. The minimum absolute atomic E-state index is 0.0359. The van der Waals surface area contributed by atoms with Crippen molar-refractivity contribution in [1.82, 2.24) is 9.80 Å². The number of benzene rings is 1. The van der Waals surface area contributed by atoms with E-state index in [1.165, 1.54) is 23.3 Å². The number of amides is 3. The van der Waals surface area contributed by atoms with Gasteiger partial charge in [0.2, 0.25) is 5.91 Å². The van der Waals surface area contributed by atoms with Crippen molar-refractivity contribution in [2.75, 3.05) is 32.6 Å². The van der Waals surface area contributed by atoms with E-state index in [1.807, 2.05) is 0 Å². The molecule has 0 radical (unpaired) electrons. The lowest BCUT2D eigenvalue weighted by molar-refractivity contribution is -0.116. The first kappa shape index (κ1) is 18.8. The zero-order valence-corrected chi connectivity index (χ0v) is 16.9. The molecule has 1 N–H and O–H groups in total. The van der Waals surface area contributed by atoms with Crippen molar-refractivity contribution < 1.29 is 19.1 Å². The first-order chi connectivity index (χ1) is 13.4. The molecule has 28 heavy (non-hydrogen) atoms. The number of halogens is 1. The highest BCUT2D eigenvalue weighted by atomic mass is 35.5. The van der Waals surface area contributed by atoms with Crippen LogP contribution in [0, 0.1) is 0 Å². The van der Waals surface area contributed by atoms with Crippen molar-refractivity contribution in [2.24, 2.45) is 0 Å². The summed E-state index contributed by atoms with van der Waals surface area (Å²) in [5.74, 6) is -0.0979. The molecule has 0 bridgehead atoms. The van der Waals surface area contributed by atoms with Crippen LogP contribution in [0.1, 0.15) is 31.2 Å². The van der Waals surface area contributed by atoms with Crippen LogP contribution < -0.4 is 10.1 Å². The summed E-state index contributed by atoms with van der Waals surface area (Å²) in [4.78, 5) is 41.8. The third-order valence-electron chi connectivity index (χ3n) is 4.93. The Labute approximate surface area is 170 Å². The van der Waals surface area contributed by atoms with Gasteiger partial charge in [-0.25, -0.2) is 0 Å². The molecule has 3 heterocycles. The van der Waals surface area contributed by atoms with Crippen molar-refractivity contribution in [2.45, 2.75) is 13.0 Å². The molecule has 146 valence electrons. The number of likely N-dealkylation sites (N-methyl/N-ethyl adjacent to an activating group) is 1. The number of nitrogens with zero attached hydrogens (tertiary/aromatic N) is 2. The second-order valence-electron chi connectivity index (χ2n) is 6.74. The lowest BCUT2D eigenvalue weighted by atomic mass is 10.0. The van der Waals surface area contributed by atoms with Crippen molar-refractivity contribution >= 4 is 45.7 Å². The number of carbonyl (C=O) groups excluding carboxylic acids is 3. The molecule has 2 aliphatic rings. The maximum atomic E-state index is 13.1. The molecule has 2 aromatic rings. The molecule has 7 nitrogen and oxygen atoms in total. The predicted octanol–water partition coefficient (Wildman–Crippen LogP) is 2.63. The monoisotopic (exact) mass is 419 g/mol. The van der Waals surface area contributed by atoms with Gasteiger partial charge in [-0.2, -0.15) is 0 Å². The maximum Gasteiger partial charge on any atom is 0.258 e. The quantitative estimate of drug-likeness (QED) is 0.811. The number of anilines is 1. The molecule has 0 aliphatic carbocycles. The molecule has 0 fully saturated rings. The van der Waals surface area contributed by atoms with Crippen molar-refractivity contribution in [3.8, 4) is 5.75 Å². The summed E-state index contributed by atoms with van der Waals surface area (Å²) in [5.41, 5.74) is 1.88. The Morgan fingerprint density at radius 1 is 1.29 bits per heavy atom. The summed E-state index contributed by atoms with van der Waals surface area (Å²) in [6, 6.07) is 4.94. The average Bonchev–Trinajstić information content (AvgIpc) is 2.98. The Hall–Kier alpha value is -2.58. The van der Waals surface area contributed by atoms with E-state index in [1.54, 1.807) is 30.1 Å². The third kappa shape index (κ3) is 3.12. The second-order valence-corrected chi connectivity index (χ2v) is 8.28. The van der Waals surface area contributed by atoms with E-state index in [-0.39, 0.29) is 24.3 Å². The van der Waals surface area contributed by atoms with Gasteiger partial charge in [-0.05, 0) is 30.2 Å². The molecule has 1 aromatic carbocycles. The smallest absolute Gasteiger partial charge is 0.258 e. The number of methoxy groups -OCH3 is 1. The van der Waals surface area contributed by atoms with E-state index >= 15 is 0 Å². The van der Waals surface area contributed by atoms with Crippen LogP contribution in [0.2, 0.25) is 5.02 Å². The molecule has 0 spiro atoms. The number of carbonyl (C=O) groups is 3. The summed E-state index contributed by atoms with van der Waals surface area (Å²) >= 11 is 7.42. The van der Waals surface area contributed by atoms with E-state index in [4.69, 9.17) is 16.3 Å². The first-order valence-electron chi connectivity index (χ1n) is 8.71. The van der Waals surface area contributed by atoms with Crippen LogP contribution in [0.3, 0.4) is 0 Å². The molecular formula is C19H18ClN3O4S. The third-order valence-corrected chi connectivity index (χ3v) is 6.30. The molecular weight excluding hydrogens is 402 g/mol. The highest BCUT2D eigenvalue weighted by Gasteiger charge is 2.34. The van der Waals surface area contributed by atoms with E-state index in [0.29, 0.717) is 46.4 Å². The van der Waals surface area contributed by atoms with Gasteiger partial charge in [0.15, 0.2) is 0 Å². The maximum absolute atomic E-state index is 13.1. The van der Waals surface area contributed by atoms with E-state index in [0.717, 1.165) is 10.4 Å². The molecule has 0 saturated carbocycles. The number of hydrogen-bond donors (Lipinski definition) is 1. The van der Waals surface area contributed by atoms with Crippen molar-refractivity contribution in [3.63, 3.8) is 0 Å². The summed E-state index contributed by atoms with van der Waals surface area (Å²) in [5, 5.41) is 3.85. The van der Waals surface area contributed by atoms with Crippen LogP contribution in [-0.4, -0.2) is 54.8 Å². The number of nitrogens with one attached hydrogen (secondary N) is 1. The molecule has 0 unspecified atom stereocenters. The fourth-order valence-electron chi connectivity index (χ4n) is 3.55. The molecule has 0 saturated heterocycles. The van der Waals surface area contributed by atoms with Gasteiger partial charge >= 0.3 is 0 Å². The number of hydrogen-bond acceptors (Lipinski definition) is 5. The highest BCUT2D eigenvalue weighted by Crippen LogP contribution is 2.39. The molecule has 4 rings (SSSR count). The van der Waals surface area contributed by atoms with Gasteiger partial charge in [-0.1, -0.05) is 11.6 Å². The Balaban J connectivity index is 1.66. The summed E-state index contributed by atoms with van der Waals surface area (Å²) < 4.78 is 5.30. The fourth-order valence-corrected chi connectivity index (χ4v) is 5.00. The van der Waals surface area contributed by atoms with Gasteiger partial charge < -0.3 is 19.9 Å². The Bertz CT molecular complexity index is 1000. The van der Waals surface area contributed by atoms with Crippen LogP contribution in [-0.2, 0) is 17.8 Å². The second kappa shape index (κ2) is 7.10. The Morgan fingerprint density at radius 3 is 2.82 bits per heavy atom. The number of thiophene rings is 1. The van der Waals surface area contributed by atoms with E-state index < -0.39 is 0 Å². The molecule has 0 atom stereocenters. The summed E-state index contributed by atoms with van der Waals surface area (Å²) in [6.07, 6.45) is 0.547. The summed E-state index contributed by atoms with van der Waals surface area (Å²) in [6.45, 7) is 0.873. The molecule has 9 heteroatoms. The standard InChI is InChI=1S/C19H18ClN3O4S/c1-22-9-15(24)21-17-16(19(22)26)11-5-6-23(8-14(11)28-17)18(25)12-7-10(20)3-4-13(12)27-2/h3-4,7H,5-6,8-9H2,1-2H3,(H,21,24). The van der Waals surface area contributed by atoms with Crippen molar-refractivity contribution in [3.05, 3.63) is 44.8 Å². The predicted molar refractivity (Wildman–Crippen MR) is 106 cm³/mol. The van der Waals surface area contributed by atoms with Crippen LogP contribution in [0.25, 0.3) is 0 Å². The highest BCUT2D eigenvalue weighted by molar-refractivity contribution is 7.17. The van der Waals surface area contributed by atoms with Crippen molar-refractivity contribution in [1.29, 1.82) is 0 Å². The summed E-state index contributed by atoms with van der Waals surface area (Å²) in [7, 11) is 3.13. The van der Waals surface area contributed by atoms with E-state index in [9.17, 15) is 14.4 Å². The Morgan fingerprint density at radius 2 is 2.07 bits per heavy atom. The minimum atomic E-state index is -0.218. The van der Waals surface area contributed by atoms with Gasteiger partial charge in [0, 0.05) is 23.5 Å². The number of fused-ring (bicyclic) bond motifs is 3. The van der Waals surface area contributed by atoms with Crippen LogP contribution in [0.15, 0.2) is 18.2 Å². The number of rotatable bonds is 2. The first-order valence-corrected chi connectivity index (χ1v) is 9.91. The van der Waals surface area contributed by atoms with Gasteiger partial charge in [0.1, 0.15) is 10.8 Å². The van der Waals surface area contributed by atoms with Crippen LogP contribution in [0.5, 0.6) is 5.75 Å². The normalized spacial score (nSPS) is 16.2. The van der Waals surface area contributed by atoms with Gasteiger partial charge in [-0.3, -0.25) is 14.4 Å².